The molecule has 3 heteroatoms. The Bertz CT molecular complexity index is 17.2. The molecule has 0 aliphatic heterocycles. The van der Waals surface area contributed by atoms with Crippen molar-refractivity contribution in [2.24, 2.45) is 0 Å². The van der Waals surface area contributed by atoms with Crippen LogP contribution in [-0.4, -0.2) is 28.4 Å². The molecule has 0 aromatic rings. The fourth-order valence-electron chi connectivity index (χ4n) is 0.0945. The zero-order valence-electron chi connectivity index (χ0n) is 4.29. The van der Waals surface area contributed by atoms with Gasteiger partial charge in [0.25, 0.3) is 0 Å². The van der Waals surface area contributed by atoms with Crippen molar-refractivity contribution in [3.63, 3.8) is 0 Å². The monoisotopic (exact) mass is 238 g/mol. The van der Waals surface area contributed by atoms with Gasteiger partial charge in [0.15, 0.2) is 0 Å². The van der Waals surface area contributed by atoms with Crippen molar-refractivity contribution in [3.05, 3.63) is 6.92 Å². The number of halogens is 2. The van der Waals surface area contributed by atoms with Gasteiger partial charge in [-0.15, -0.1) is 0 Å². The Morgan fingerprint density at radius 2 is 1.86 bits per heavy atom. The third kappa shape index (κ3) is 18.2. The molecule has 0 bridgehead atoms. The molecular formula is C4H8Br2Mg. The summed E-state index contributed by atoms with van der Waals surface area (Å²) in [5.41, 5.74) is 0. The summed E-state index contributed by atoms with van der Waals surface area (Å²) < 4.78 is 0. The Morgan fingerprint density at radius 3 is 1.86 bits per heavy atom. The van der Waals surface area contributed by atoms with Crippen molar-refractivity contribution in [2.75, 3.05) is 5.33 Å². The first-order valence-corrected chi connectivity index (χ1v) is 2.89. The van der Waals surface area contributed by atoms with E-state index in [1.165, 1.54) is 6.42 Å². The number of hydrogen-bond acceptors (Lipinski definition) is 0. The largest absolute Gasteiger partial charge is 2.00 e. The maximum atomic E-state index is 3.65. The van der Waals surface area contributed by atoms with Crippen LogP contribution in [0.5, 0.6) is 0 Å². The smallest absolute Gasteiger partial charge is 1.00 e. The Morgan fingerprint density at radius 1 is 1.43 bits per heavy atom. The normalized spacial score (nSPS) is 6.00. The maximum Gasteiger partial charge on any atom is 2.00 e. The summed E-state index contributed by atoms with van der Waals surface area (Å²) in [6, 6.07) is 0. The van der Waals surface area contributed by atoms with Crippen LogP contribution in [0.1, 0.15) is 12.8 Å². The molecule has 0 radical (unpaired) electrons. The molecule has 0 saturated carbocycles. The SMILES string of the molecule is [Br-].[CH2-]CCCBr.[Mg+2]. The van der Waals surface area contributed by atoms with Gasteiger partial charge in [-0.05, 0) is 0 Å². The number of alkyl halides is 1. The first kappa shape index (κ1) is 15.9. The van der Waals surface area contributed by atoms with Gasteiger partial charge in [0.05, 0.1) is 0 Å². The molecule has 0 saturated heterocycles. The van der Waals surface area contributed by atoms with E-state index in [1.54, 1.807) is 0 Å². The van der Waals surface area contributed by atoms with Gasteiger partial charge in [0, 0.05) is 5.33 Å². The molecular weight excluding hydrogens is 232 g/mol. The minimum absolute atomic E-state index is 0. The van der Waals surface area contributed by atoms with E-state index in [-0.39, 0.29) is 40.0 Å². The molecule has 0 nitrogen and oxygen atoms in total. The molecule has 0 aliphatic carbocycles. The molecule has 0 N–H and O–H groups in total. The standard InChI is InChI=1S/C4H8Br.BrH.Mg/c1-2-3-4-5;;/h1-4H2;1H;/q-1;;+2/p-1. The minimum Gasteiger partial charge on any atom is -1.00 e. The number of hydrogen-bond donors (Lipinski definition) is 0. The molecule has 0 aromatic heterocycles. The summed E-state index contributed by atoms with van der Waals surface area (Å²) in [6.45, 7) is 3.65. The van der Waals surface area contributed by atoms with Gasteiger partial charge in [-0.25, -0.2) is 0 Å². The van der Waals surface area contributed by atoms with Gasteiger partial charge in [-0.2, -0.15) is 6.42 Å². The van der Waals surface area contributed by atoms with Crippen molar-refractivity contribution in [3.8, 4) is 0 Å². The van der Waals surface area contributed by atoms with Gasteiger partial charge in [-0.1, -0.05) is 22.4 Å². The van der Waals surface area contributed by atoms with Crippen LogP contribution in [0.2, 0.25) is 0 Å². The molecule has 0 heterocycles. The number of rotatable bonds is 2. The second-order valence-electron chi connectivity index (χ2n) is 0.896. The third-order valence-corrected chi connectivity index (χ3v) is 0.944. The minimum atomic E-state index is 0. The summed E-state index contributed by atoms with van der Waals surface area (Å²) >= 11 is 3.27. The van der Waals surface area contributed by atoms with E-state index in [9.17, 15) is 0 Å². The van der Waals surface area contributed by atoms with Crippen LogP contribution in [-0.2, 0) is 0 Å². The molecule has 7 heavy (non-hydrogen) atoms. The second kappa shape index (κ2) is 15.6. The van der Waals surface area contributed by atoms with Crippen LogP contribution in [0.15, 0.2) is 0 Å². The van der Waals surface area contributed by atoms with E-state index in [2.05, 4.69) is 22.9 Å². The summed E-state index contributed by atoms with van der Waals surface area (Å²) in [7, 11) is 0. The fourth-order valence-corrected chi connectivity index (χ4v) is 0.491. The zero-order chi connectivity index (χ0) is 4.12. The van der Waals surface area contributed by atoms with Crippen molar-refractivity contribution in [2.45, 2.75) is 12.8 Å². The Hall–Kier alpha value is 1.73. The quantitative estimate of drug-likeness (QED) is 0.317. The van der Waals surface area contributed by atoms with Crippen LogP contribution in [0.4, 0.5) is 0 Å². The van der Waals surface area contributed by atoms with Crippen LogP contribution in [0, 0.1) is 6.92 Å². The van der Waals surface area contributed by atoms with Gasteiger partial charge >= 0.3 is 23.1 Å². The predicted molar refractivity (Wildman–Crippen MR) is 34.1 cm³/mol. The molecule has 0 atom stereocenters. The number of unbranched alkanes of at least 4 members (excludes halogenated alkanes) is 1. The van der Waals surface area contributed by atoms with Crippen molar-refractivity contribution in [1.82, 2.24) is 0 Å². The van der Waals surface area contributed by atoms with Gasteiger partial charge in [0.2, 0.25) is 0 Å². The van der Waals surface area contributed by atoms with E-state index in [0.717, 1.165) is 11.8 Å². The second-order valence-corrected chi connectivity index (χ2v) is 1.69. The summed E-state index contributed by atoms with van der Waals surface area (Å²) in [4.78, 5) is 0. The van der Waals surface area contributed by atoms with E-state index < -0.39 is 0 Å². The van der Waals surface area contributed by atoms with Crippen LogP contribution < -0.4 is 17.0 Å². The molecule has 0 rings (SSSR count). The predicted octanol–water partition coefficient (Wildman–Crippen LogP) is -1.38. The van der Waals surface area contributed by atoms with Crippen LogP contribution in [0.3, 0.4) is 0 Å². The van der Waals surface area contributed by atoms with Crippen molar-refractivity contribution in [1.29, 1.82) is 0 Å². The van der Waals surface area contributed by atoms with Gasteiger partial charge in [-0.3, -0.25) is 0 Å². The first-order valence-electron chi connectivity index (χ1n) is 1.77. The summed E-state index contributed by atoms with van der Waals surface area (Å²) in [5, 5.41) is 1.09. The van der Waals surface area contributed by atoms with E-state index in [1.807, 2.05) is 0 Å². The summed E-state index contributed by atoms with van der Waals surface area (Å²) in [5.74, 6) is 0. The average molecular weight is 240 g/mol. The maximum absolute atomic E-state index is 3.65. The van der Waals surface area contributed by atoms with Gasteiger partial charge in [0.1, 0.15) is 0 Å². The van der Waals surface area contributed by atoms with E-state index in [4.69, 9.17) is 0 Å². The van der Waals surface area contributed by atoms with Crippen molar-refractivity contribution < 1.29 is 17.0 Å². The molecule has 0 spiro atoms. The Balaban J connectivity index is -0.0000000800. The molecule has 0 fully saturated rings. The average Bonchev–Trinajstić information content (AvgIpc) is 1.41. The zero-order valence-corrected chi connectivity index (χ0v) is 8.88. The summed E-state index contributed by atoms with van der Waals surface area (Å²) in [6.07, 6.45) is 2.24. The van der Waals surface area contributed by atoms with Crippen LogP contribution >= 0.6 is 15.9 Å². The fraction of sp³-hybridized carbons (Fsp3) is 0.750. The molecule has 0 aliphatic rings. The first-order chi connectivity index (χ1) is 2.41. The molecule has 0 unspecified atom stereocenters. The Labute approximate surface area is 80.5 Å². The molecule has 0 aromatic carbocycles. The van der Waals surface area contributed by atoms with Crippen molar-refractivity contribution >= 4 is 39.0 Å². The molecule has 0 amide bonds. The molecule has 40 valence electrons. The topological polar surface area (TPSA) is 0 Å². The van der Waals surface area contributed by atoms with E-state index in [0.29, 0.717) is 0 Å². The van der Waals surface area contributed by atoms with E-state index >= 15 is 0 Å². The van der Waals surface area contributed by atoms with Crippen LogP contribution in [0.25, 0.3) is 0 Å². The van der Waals surface area contributed by atoms with Gasteiger partial charge < -0.3 is 23.9 Å². The Kier molecular flexibility index (Phi) is 35.5. The third-order valence-electron chi connectivity index (χ3n) is 0.384.